The summed E-state index contributed by atoms with van der Waals surface area (Å²) in [7, 11) is 0. The lowest BCUT2D eigenvalue weighted by Crippen LogP contribution is -2.58. The lowest BCUT2D eigenvalue weighted by molar-refractivity contribution is -0.144. The van der Waals surface area contributed by atoms with Gasteiger partial charge in [-0.15, -0.1) is 0 Å². The molecule has 440 valence electrons. The van der Waals surface area contributed by atoms with Gasteiger partial charge in [0.1, 0.15) is 36.8 Å². The molecule has 27 heteroatoms. The number of nitrogens with one attached hydrogen (secondary N) is 6. The van der Waals surface area contributed by atoms with Crippen molar-refractivity contribution in [3.8, 4) is 17.1 Å². The minimum Gasteiger partial charge on any atom is -0.444 e. The fourth-order valence-electron chi connectivity index (χ4n) is 9.63. The number of anilines is 3. The molecule has 4 atom stereocenters. The van der Waals surface area contributed by atoms with Crippen molar-refractivity contribution in [1.82, 2.24) is 45.5 Å². The number of fused-ring (bicyclic) bond motifs is 1. The molecule has 1 saturated carbocycles. The van der Waals surface area contributed by atoms with Gasteiger partial charge in [-0.05, 0) is 72.6 Å². The van der Waals surface area contributed by atoms with Gasteiger partial charge < -0.3 is 55.2 Å². The standard InChI is InChI=1S/C56H64F2N12O13/c1-56(2,3)47(65-44(73)30-82-22-21-81-20-19-80-18-17-59-37-6-4-5-36-45(37)54(78)70(53(36)77)40-13-14-43(72)66-51(40)76)55(79)68-27-35(71)24-41(68)50(75)62-26-32-9-11-34(12-10-32)69-28-38(46(67-69)48(57)58)63-49(74)39-29-83-52(64-39)33-15-16-60-42(23-33)61-25-31-7-8-31/h4-6,9-12,15-16,23,28-29,31,35,40-41,47-48,59,71H,7-8,13-14,17-22,24-27,30H2,1-3H3,(H,60,61)(H,62,75)(H,63,74)(H,65,73)(H,66,72,76)/t35-,40?,41+,47-/m1/s1. The molecular formula is C56H64F2N12O13. The van der Waals surface area contributed by atoms with Gasteiger partial charge in [0.15, 0.2) is 11.4 Å². The lowest BCUT2D eigenvalue weighted by atomic mass is 9.85. The molecule has 3 aromatic heterocycles. The number of amides is 8. The first kappa shape index (κ1) is 59.1. The van der Waals surface area contributed by atoms with Crippen LogP contribution in [0.25, 0.3) is 17.1 Å². The first-order valence-corrected chi connectivity index (χ1v) is 27.1. The largest absolute Gasteiger partial charge is 0.444 e. The van der Waals surface area contributed by atoms with Crippen molar-refractivity contribution in [2.45, 2.75) is 90.1 Å². The number of alkyl halides is 2. The first-order chi connectivity index (χ1) is 39.8. The van der Waals surface area contributed by atoms with Crippen molar-refractivity contribution in [3.63, 3.8) is 0 Å². The molecule has 1 aliphatic carbocycles. The maximum Gasteiger partial charge on any atom is 0.284 e. The van der Waals surface area contributed by atoms with Gasteiger partial charge in [-0.1, -0.05) is 39.0 Å². The van der Waals surface area contributed by atoms with Crippen molar-refractivity contribution in [3.05, 3.63) is 101 Å². The lowest BCUT2D eigenvalue weighted by Gasteiger charge is -2.35. The van der Waals surface area contributed by atoms with Gasteiger partial charge >= 0.3 is 0 Å². The van der Waals surface area contributed by atoms with Crippen LogP contribution in [0.3, 0.4) is 0 Å². The Hall–Kier alpha value is -8.53. The van der Waals surface area contributed by atoms with Crippen LogP contribution in [-0.2, 0) is 44.7 Å². The van der Waals surface area contributed by atoms with E-state index in [1.54, 1.807) is 75.5 Å². The van der Waals surface area contributed by atoms with Crippen molar-refractivity contribution >= 4 is 64.5 Å². The number of hydrogen-bond acceptors (Lipinski definition) is 18. The molecule has 5 aromatic rings. The Morgan fingerprint density at radius 3 is 2.37 bits per heavy atom. The molecule has 83 heavy (non-hydrogen) atoms. The summed E-state index contributed by atoms with van der Waals surface area (Å²) < 4.78 is 51.9. The number of halogens is 2. The highest BCUT2D eigenvalue weighted by Gasteiger charge is 2.47. The summed E-state index contributed by atoms with van der Waals surface area (Å²) in [5.41, 5.74) is 0.350. The van der Waals surface area contributed by atoms with E-state index in [0.717, 1.165) is 17.7 Å². The molecule has 4 aliphatic rings. The van der Waals surface area contributed by atoms with E-state index in [1.165, 1.54) is 34.7 Å². The number of aliphatic hydroxyl groups is 1. The summed E-state index contributed by atoms with van der Waals surface area (Å²) in [4.78, 5) is 115. The number of carbonyl (C=O) groups is 8. The Kier molecular flexibility index (Phi) is 18.6. The second-order valence-corrected chi connectivity index (χ2v) is 21.4. The number of aromatic nitrogens is 4. The molecular weight excluding hydrogens is 1090 g/mol. The topological polar surface area (TPSA) is 320 Å². The molecule has 9 rings (SSSR count). The van der Waals surface area contributed by atoms with Crippen LogP contribution in [0.5, 0.6) is 0 Å². The summed E-state index contributed by atoms with van der Waals surface area (Å²) in [6.07, 6.45) is 2.26. The number of likely N-dealkylation sites (tertiary alicyclic amines) is 1. The number of benzene rings is 2. The van der Waals surface area contributed by atoms with E-state index in [9.17, 15) is 52.2 Å². The van der Waals surface area contributed by atoms with Crippen LogP contribution in [0, 0.1) is 11.3 Å². The minimum atomic E-state index is -3.04. The minimum absolute atomic E-state index is 0.00122. The number of piperidine rings is 1. The smallest absolute Gasteiger partial charge is 0.284 e. The average Bonchev–Trinajstić information content (AvgIpc) is 2.03. The van der Waals surface area contributed by atoms with Crippen molar-refractivity contribution < 1.29 is 70.9 Å². The number of carbonyl (C=O) groups excluding carboxylic acids is 8. The molecule has 3 fully saturated rings. The first-order valence-electron chi connectivity index (χ1n) is 27.1. The predicted molar refractivity (Wildman–Crippen MR) is 291 cm³/mol. The van der Waals surface area contributed by atoms with Gasteiger partial charge in [0.2, 0.25) is 35.4 Å². The summed E-state index contributed by atoms with van der Waals surface area (Å²) in [5.74, 6) is -3.49. The highest BCUT2D eigenvalue weighted by Crippen LogP contribution is 2.34. The van der Waals surface area contributed by atoms with E-state index in [2.05, 4.69) is 47.0 Å². The van der Waals surface area contributed by atoms with Gasteiger partial charge in [0.05, 0.1) is 67.8 Å². The van der Waals surface area contributed by atoms with Gasteiger partial charge in [-0.2, -0.15) is 5.10 Å². The third-order valence-corrected chi connectivity index (χ3v) is 14.2. The molecule has 8 amide bonds. The number of ether oxygens (including phenoxy) is 3. The zero-order chi connectivity index (χ0) is 59.0. The van der Waals surface area contributed by atoms with Crippen molar-refractivity contribution in [2.75, 3.05) is 75.2 Å². The second kappa shape index (κ2) is 26.2. The number of nitrogens with zero attached hydrogens (tertiary/aromatic N) is 6. The quantitative estimate of drug-likeness (QED) is 0.0307. The molecule has 2 aromatic carbocycles. The molecule has 7 N–H and O–H groups in total. The zero-order valence-electron chi connectivity index (χ0n) is 45.8. The normalized spacial score (nSPS) is 18.3. The fraction of sp³-hybridized carbons (Fsp3) is 0.446. The number of rotatable bonds is 26. The summed E-state index contributed by atoms with van der Waals surface area (Å²) >= 11 is 0. The van der Waals surface area contributed by atoms with Crippen molar-refractivity contribution in [2.24, 2.45) is 11.3 Å². The highest BCUT2D eigenvalue weighted by atomic mass is 19.3. The Balaban J connectivity index is 0.684. The van der Waals surface area contributed by atoms with E-state index in [-0.39, 0.29) is 100 Å². The molecule has 6 heterocycles. The van der Waals surface area contributed by atoms with Gasteiger partial charge in [-0.25, -0.2) is 23.4 Å². The van der Waals surface area contributed by atoms with Crippen molar-refractivity contribution in [1.29, 1.82) is 0 Å². The molecule has 3 aliphatic heterocycles. The third-order valence-electron chi connectivity index (χ3n) is 14.2. The number of aliphatic hydroxyl groups excluding tert-OH is 1. The highest BCUT2D eigenvalue weighted by molar-refractivity contribution is 6.25. The molecule has 2 saturated heterocycles. The monoisotopic (exact) mass is 1150 g/mol. The Morgan fingerprint density at radius 1 is 0.904 bits per heavy atom. The van der Waals surface area contributed by atoms with Crippen LogP contribution in [-0.4, -0.2) is 165 Å². The van der Waals surface area contributed by atoms with Gasteiger partial charge in [0.25, 0.3) is 24.1 Å². The SMILES string of the molecule is CC(C)(C)[C@H](NC(=O)COCCOCCOCCNc1cccc2c1C(=O)N(C1CCC(=O)NC1=O)C2=O)C(=O)N1C[C@H](O)C[C@H]1C(=O)NCc1ccc(-n2cc(NC(=O)c3coc(-c4ccnc(NCC5CC5)c4)n3)c(C(F)F)n2)cc1. The zero-order valence-corrected chi connectivity index (χ0v) is 45.8. The third kappa shape index (κ3) is 14.6. The van der Waals surface area contributed by atoms with Crippen LogP contribution < -0.4 is 31.9 Å². The molecule has 0 bridgehead atoms. The predicted octanol–water partition coefficient (Wildman–Crippen LogP) is 3.61. The van der Waals surface area contributed by atoms with Gasteiger partial charge in [0, 0.05) is 56.5 Å². The van der Waals surface area contributed by atoms with Crippen LogP contribution in [0.2, 0.25) is 0 Å². The molecule has 0 radical (unpaired) electrons. The number of hydrogen-bond donors (Lipinski definition) is 7. The summed E-state index contributed by atoms with van der Waals surface area (Å²) in [6.45, 7) is 6.55. The maximum absolute atomic E-state index is 14.2. The second-order valence-electron chi connectivity index (χ2n) is 21.4. The van der Waals surface area contributed by atoms with Gasteiger partial charge in [-0.3, -0.25) is 48.6 Å². The Morgan fingerprint density at radius 2 is 1.65 bits per heavy atom. The fourth-order valence-corrected chi connectivity index (χ4v) is 9.63. The Labute approximate surface area is 474 Å². The van der Waals surface area contributed by atoms with E-state index >= 15 is 0 Å². The average molecular weight is 1150 g/mol. The van der Waals surface area contributed by atoms with E-state index in [4.69, 9.17) is 18.6 Å². The number of imide groups is 2. The molecule has 0 spiro atoms. The number of pyridine rings is 1. The molecule has 25 nitrogen and oxygen atoms in total. The van der Waals surface area contributed by atoms with Crippen LogP contribution in [0.15, 0.2) is 77.7 Å². The summed E-state index contributed by atoms with van der Waals surface area (Å²) in [6, 6.07) is 11.4. The number of oxazole rings is 1. The van der Waals surface area contributed by atoms with Crippen LogP contribution >= 0.6 is 0 Å². The van der Waals surface area contributed by atoms with E-state index < -0.39 is 95.6 Å². The van der Waals surface area contributed by atoms with E-state index in [0.29, 0.717) is 34.2 Å². The van der Waals surface area contributed by atoms with Crippen LogP contribution in [0.1, 0.15) is 102 Å². The number of β-amino-alcohol motifs (C(OH)–C–C–N with tert-alkyl or cyclic N) is 1. The Bertz CT molecular complexity index is 3230. The maximum atomic E-state index is 14.2. The molecule has 1 unspecified atom stereocenters. The van der Waals surface area contributed by atoms with Crippen LogP contribution in [0.4, 0.5) is 26.0 Å². The summed E-state index contributed by atoms with van der Waals surface area (Å²) in [5, 5.41) is 31.2. The van der Waals surface area contributed by atoms with E-state index in [1.807, 2.05) is 0 Å².